The van der Waals surface area contributed by atoms with Gasteiger partial charge >= 0.3 is 0 Å². The van der Waals surface area contributed by atoms with E-state index in [9.17, 15) is 13.6 Å². The first-order chi connectivity index (χ1) is 7.23. The van der Waals surface area contributed by atoms with E-state index in [-0.39, 0.29) is 11.7 Å². The Morgan fingerprint density at radius 1 is 1.44 bits per heavy atom. The van der Waals surface area contributed by atoms with Crippen molar-refractivity contribution in [3.63, 3.8) is 0 Å². The van der Waals surface area contributed by atoms with Gasteiger partial charge in [0, 0.05) is 17.9 Å². The van der Waals surface area contributed by atoms with Crippen molar-refractivity contribution in [3.8, 4) is 0 Å². The average molecular weight is 254 g/mol. The van der Waals surface area contributed by atoms with Gasteiger partial charge in [-0.25, -0.2) is 8.78 Å². The number of nitrogens with one attached hydrogen (secondary N) is 1. The lowest BCUT2D eigenvalue weighted by Gasteiger charge is -2.35. The lowest BCUT2D eigenvalue weighted by molar-refractivity contribution is -0.131. The molecule has 3 atom stereocenters. The Morgan fingerprint density at radius 3 is 2.38 bits per heavy atom. The molecule has 94 valence electrons. The Balaban J connectivity index is 2.62. The number of hydrogen-bond donors (Lipinski definition) is 1. The van der Waals surface area contributed by atoms with E-state index in [2.05, 4.69) is 5.32 Å². The van der Waals surface area contributed by atoms with Crippen molar-refractivity contribution in [2.75, 3.05) is 6.54 Å². The number of carbonyl (C=O) groups excluding carboxylic acids is 1. The number of Topliss-reactive ketones (excluding diaryl/α,β-unsaturated/α-hetero) is 1. The standard InChI is InChI=1S/C11H18ClF2NO/c1-11(2,3)9(16)6-4-7(12)8(10(13)14)15-5-6/h6-8,10,15H,4-5H2,1-3H3. The van der Waals surface area contributed by atoms with Gasteiger partial charge in [0.2, 0.25) is 0 Å². The Labute approximate surface area is 99.7 Å². The smallest absolute Gasteiger partial charge is 0.255 e. The van der Waals surface area contributed by atoms with E-state index in [4.69, 9.17) is 11.6 Å². The first-order valence-corrected chi connectivity index (χ1v) is 5.87. The summed E-state index contributed by atoms with van der Waals surface area (Å²) in [7, 11) is 0. The summed E-state index contributed by atoms with van der Waals surface area (Å²) in [4.78, 5) is 12.0. The third-order valence-corrected chi connectivity index (χ3v) is 3.33. The zero-order chi connectivity index (χ0) is 12.5. The molecule has 1 fully saturated rings. The molecule has 5 heteroatoms. The number of carbonyl (C=O) groups is 1. The van der Waals surface area contributed by atoms with Gasteiger partial charge in [-0.2, -0.15) is 0 Å². The van der Waals surface area contributed by atoms with Crippen molar-refractivity contribution < 1.29 is 13.6 Å². The lowest BCUT2D eigenvalue weighted by Crippen LogP contribution is -2.53. The second-order valence-corrected chi connectivity index (χ2v) is 5.89. The van der Waals surface area contributed by atoms with Gasteiger partial charge in [0.05, 0.1) is 11.4 Å². The molecular formula is C11H18ClF2NO. The van der Waals surface area contributed by atoms with E-state index in [1.54, 1.807) is 0 Å². The van der Waals surface area contributed by atoms with E-state index in [0.717, 1.165) is 0 Å². The van der Waals surface area contributed by atoms with Crippen molar-refractivity contribution in [2.45, 2.75) is 45.0 Å². The summed E-state index contributed by atoms with van der Waals surface area (Å²) < 4.78 is 25.0. The van der Waals surface area contributed by atoms with E-state index in [1.165, 1.54) is 0 Å². The Hall–Kier alpha value is -0.220. The Bertz CT molecular complexity index is 265. The Kier molecular flexibility index (Phi) is 4.29. The SMILES string of the molecule is CC(C)(C)C(=O)C1CNC(C(F)F)C(Cl)C1. The van der Waals surface area contributed by atoms with E-state index < -0.39 is 23.3 Å². The molecule has 1 heterocycles. The Morgan fingerprint density at radius 2 is 2.00 bits per heavy atom. The van der Waals surface area contributed by atoms with Crippen molar-refractivity contribution in [3.05, 3.63) is 0 Å². The summed E-state index contributed by atoms with van der Waals surface area (Å²) in [6.07, 6.45) is -2.15. The van der Waals surface area contributed by atoms with Crippen molar-refractivity contribution in [1.29, 1.82) is 0 Å². The molecule has 1 aliphatic heterocycles. The average Bonchev–Trinajstić information content (AvgIpc) is 2.14. The van der Waals surface area contributed by atoms with Crippen LogP contribution in [0.5, 0.6) is 0 Å². The molecule has 3 unspecified atom stereocenters. The molecule has 0 aliphatic carbocycles. The van der Waals surface area contributed by atoms with Crippen LogP contribution in [-0.2, 0) is 4.79 Å². The number of hydrogen-bond acceptors (Lipinski definition) is 2. The van der Waals surface area contributed by atoms with Gasteiger partial charge in [-0.05, 0) is 6.42 Å². The largest absolute Gasteiger partial charge is 0.307 e. The van der Waals surface area contributed by atoms with E-state index >= 15 is 0 Å². The van der Waals surface area contributed by atoms with Crippen LogP contribution in [0, 0.1) is 11.3 Å². The fraction of sp³-hybridized carbons (Fsp3) is 0.909. The highest BCUT2D eigenvalue weighted by atomic mass is 35.5. The van der Waals surface area contributed by atoms with Crippen LogP contribution in [0.2, 0.25) is 0 Å². The van der Waals surface area contributed by atoms with Gasteiger partial charge in [0.15, 0.2) is 0 Å². The number of ketones is 1. The van der Waals surface area contributed by atoms with Crippen LogP contribution in [0.1, 0.15) is 27.2 Å². The molecule has 0 aromatic rings. The van der Waals surface area contributed by atoms with Crippen molar-refractivity contribution >= 4 is 17.4 Å². The minimum atomic E-state index is -2.48. The molecule has 1 saturated heterocycles. The third-order valence-electron chi connectivity index (χ3n) is 2.88. The molecular weight excluding hydrogens is 236 g/mol. The van der Waals surface area contributed by atoms with Gasteiger partial charge < -0.3 is 5.32 Å². The second kappa shape index (κ2) is 4.96. The van der Waals surface area contributed by atoms with Gasteiger partial charge in [-0.3, -0.25) is 4.79 Å². The fourth-order valence-electron chi connectivity index (χ4n) is 1.97. The van der Waals surface area contributed by atoms with Crippen LogP contribution in [-0.4, -0.2) is 30.2 Å². The maximum Gasteiger partial charge on any atom is 0.255 e. The molecule has 1 aliphatic rings. The highest BCUT2D eigenvalue weighted by Crippen LogP contribution is 2.29. The van der Waals surface area contributed by atoms with E-state index in [0.29, 0.717) is 13.0 Å². The zero-order valence-electron chi connectivity index (χ0n) is 9.77. The summed E-state index contributed by atoms with van der Waals surface area (Å²) in [5.41, 5.74) is -0.444. The van der Waals surface area contributed by atoms with Gasteiger partial charge in [0.25, 0.3) is 6.43 Å². The second-order valence-electron chi connectivity index (χ2n) is 5.33. The van der Waals surface area contributed by atoms with Gasteiger partial charge in [-0.1, -0.05) is 20.8 Å². The van der Waals surface area contributed by atoms with Gasteiger partial charge in [0.1, 0.15) is 5.78 Å². The van der Waals surface area contributed by atoms with Crippen molar-refractivity contribution in [2.24, 2.45) is 11.3 Å². The molecule has 1 rings (SSSR count). The summed E-state index contributed by atoms with van der Waals surface area (Å²) in [5, 5.41) is 1.99. The summed E-state index contributed by atoms with van der Waals surface area (Å²) in [5.74, 6) is -0.170. The van der Waals surface area contributed by atoms with Crippen LogP contribution in [0.25, 0.3) is 0 Å². The zero-order valence-corrected chi connectivity index (χ0v) is 10.5. The van der Waals surface area contributed by atoms with Crippen LogP contribution in [0.4, 0.5) is 8.78 Å². The maximum absolute atomic E-state index is 12.5. The van der Waals surface area contributed by atoms with Crippen LogP contribution in [0.15, 0.2) is 0 Å². The lowest BCUT2D eigenvalue weighted by atomic mass is 9.79. The molecule has 1 N–H and O–H groups in total. The minimum Gasteiger partial charge on any atom is -0.307 e. The first kappa shape index (κ1) is 13.8. The number of alkyl halides is 3. The summed E-state index contributed by atoms with van der Waals surface area (Å²) in [6.45, 7) is 5.79. The predicted molar refractivity (Wildman–Crippen MR) is 60.0 cm³/mol. The number of halogens is 3. The molecule has 2 nitrogen and oxygen atoms in total. The number of rotatable bonds is 2. The normalized spacial score (nSPS) is 31.8. The van der Waals surface area contributed by atoms with Crippen LogP contribution >= 0.6 is 11.6 Å². The highest BCUT2D eigenvalue weighted by Gasteiger charge is 2.39. The molecule has 0 bridgehead atoms. The van der Waals surface area contributed by atoms with Crippen LogP contribution in [0.3, 0.4) is 0 Å². The quantitative estimate of drug-likeness (QED) is 0.766. The molecule has 0 aromatic carbocycles. The van der Waals surface area contributed by atoms with E-state index in [1.807, 2.05) is 20.8 Å². The fourth-order valence-corrected chi connectivity index (χ4v) is 2.38. The number of piperidine rings is 1. The molecule has 0 amide bonds. The predicted octanol–water partition coefficient (Wildman–Crippen LogP) is 2.45. The first-order valence-electron chi connectivity index (χ1n) is 5.43. The molecule has 16 heavy (non-hydrogen) atoms. The molecule has 0 aromatic heterocycles. The minimum absolute atomic E-state index is 0.0818. The third kappa shape index (κ3) is 3.14. The summed E-state index contributed by atoms with van der Waals surface area (Å²) >= 11 is 5.87. The van der Waals surface area contributed by atoms with Crippen molar-refractivity contribution in [1.82, 2.24) is 5.32 Å². The monoisotopic (exact) mass is 253 g/mol. The highest BCUT2D eigenvalue weighted by molar-refractivity contribution is 6.21. The topological polar surface area (TPSA) is 29.1 Å². The molecule has 0 spiro atoms. The molecule has 0 saturated carbocycles. The van der Waals surface area contributed by atoms with Crippen LogP contribution < -0.4 is 5.32 Å². The van der Waals surface area contributed by atoms with Gasteiger partial charge in [-0.15, -0.1) is 11.6 Å². The molecule has 0 radical (unpaired) electrons. The summed E-state index contributed by atoms with van der Waals surface area (Å²) in [6, 6.07) is -0.995. The maximum atomic E-state index is 12.5.